The molecule has 0 saturated heterocycles. The molecule has 5 aromatic rings. The fourth-order valence-electron chi connectivity index (χ4n) is 4.90. The Morgan fingerprint density at radius 2 is 1.41 bits per heavy atom. The Hall–Kier alpha value is -5.01. The van der Waals surface area contributed by atoms with Crippen LogP contribution in [0.2, 0.25) is 0 Å². The number of alkyl carbamates (subject to hydrolysis) is 1. The number of quaternary nitrogens is 1. The largest absolute Gasteiger partial charge is 0.489 e. The molecule has 0 spiro atoms. The van der Waals surface area contributed by atoms with Gasteiger partial charge in [0, 0.05) is 18.6 Å². The zero-order valence-electron chi connectivity index (χ0n) is 24.7. The van der Waals surface area contributed by atoms with Crippen LogP contribution in [0.3, 0.4) is 0 Å². The van der Waals surface area contributed by atoms with Crippen LogP contribution in [-0.4, -0.2) is 40.7 Å². The number of nitrogens with one attached hydrogen (secondary N) is 2. The van der Waals surface area contributed by atoms with Crippen LogP contribution < -0.4 is 20.3 Å². The molecule has 10 nitrogen and oxygen atoms in total. The maximum atomic E-state index is 14.8. The molecule has 1 aromatic heterocycles. The number of carbonyl (C=O) groups excluding carboxylic acids is 3. The van der Waals surface area contributed by atoms with E-state index < -0.39 is 35.0 Å². The van der Waals surface area contributed by atoms with Crippen LogP contribution in [0.25, 0.3) is 0 Å². The molecular formula is C34H32N5O5S2+. The summed E-state index contributed by atoms with van der Waals surface area (Å²) in [6.45, 7) is -0.0993. The maximum Gasteiger partial charge on any atom is 0.408 e. The number of para-hydroxylation sites is 1. The summed E-state index contributed by atoms with van der Waals surface area (Å²) in [4.78, 5) is 41.9. The quantitative estimate of drug-likeness (QED) is 0.111. The number of carbonyl (C=O) groups is 3. The highest BCUT2D eigenvalue weighted by molar-refractivity contribution is 7.73. The number of amides is 3. The first-order valence-electron chi connectivity index (χ1n) is 14.4. The third-order valence-electron chi connectivity index (χ3n) is 7.15. The van der Waals surface area contributed by atoms with Crippen LogP contribution in [-0.2, 0) is 34.0 Å². The predicted molar refractivity (Wildman–Crippen MR) is 179 cm³/mol. The molecule has 0 bridgehead atoms. The Bertz CT molecular complexity index is 1820. The number of ether oxygens (including phenoxy) is 2. The molecule has 4 N–H and O–H groups in total. The molecule has 0 aliphatic heterocycles. The van der Waals surface area contributed by atoms with Crippen molar-refractivity contribution in [3.63, 3.8) is 0 Å². The molecule has 4 aromatic carbocycles. The van der Waals surface area contributed by atoms with Crippen molar-refractivity contribution < 1.29 is 23.9 Å². The summed E-state index contributed by atoms with van der Waals surface area (Å²) in [5, 5.41) is 9.72. The van der Waals surface area contributed by atoms with Gasteiger partial charge in [0.05, 0.1) is 0 Å². The van der Waals surface area contributed by atoms with Crippen molar-refractivity contribution in [1.29, 1.82) is 0 Å². The lowest BCUT2D eigenvalue weighted by molar-refractivity contribution is -0.140. The molecular weight excluding hydrogens is 623 g/mol. The van der Waals surface area contributed by atoms with Crippen molar-refractivity contribution in [1.82, 2.24) is 20.0 Å². The number of aromatic nitrogens is 2. The summed E-state index contributed by atoms with van der Waals surface area (Å²) in [7, 11) is 0. The fraction of sp³-hybridized carbons (Fsp3) is 0.147. The third-order valence-corrected chi connectivity index (χ3v) is 8.32. The molecule has 1 unspecified atom stereocenters. The molecule has 46 heavy (non-hydrogen) atoms. The van der Waals surface area contributed by atoms with E-state index in [4.69, 9.17) is 27.4 Å². The van der Waals surface area contributed by atoms with E-state index >= 15 is 0 Å². The van der Waals surface area contributed by atoms with E-state index in [1.807, 2.05) is 60.7 Å². The first kappa shape index (κ1) is 32.4. The van der Waals surface area contributed by atoms with E-state index in [-0.39, 0.29) is 22.1 Å². The smallest absolute Gasteiger partial charge is 0.408 e. The summed E-state index contributed by atoms with van der Waals surface area (Å²) < 4.78 is 10.7. The highest BCUT2D eigenvalue weighted by Gasteiger charge is 2.54. The summed E-state index contributed by atoms with van der Waals surface area (Å²) in [6.07, 6.45) is -0.801. The van der Waals surface area contributed by atoms with Crippen molar-refractivity contribution in [3.8, 4) is 5.75 Å². The minimum Gasteiger partial charge on any atom is -0.489 e. The van der Waals surface area contributed by atoms with Gasteiger partial charge in [-0.3, -0.25) is 5.10 Å². The van der Waals surface area contributed by atoms with Crippen LogP contribution >= 0.6 is 23.6 Å². The first-order chi connectivity index (χ1) is 22.4. The standard InChI is InChI=1S/C34H31N5O5S2/c35-21-30(40)39(27-14-8-3-9-15-27,32-37-38-34(45)46-32)31(41)29(36-33(42)44-23-26-12-6-2-7-13-26)20-24-16-18-28(19-17-24)43-22-25-10-4-1-5-11-25/h1-19,29H,20-23,35H2,(H-,36,38,42,45)/p+1/t29-,39?/m0/s1. The SMILES string of the molecule is NCC(=O)[N+](C(=O)[C@H](Cc1ccc(OCc2ccccc2)cc1)NC(=O)OCc1ccccc1)(c1ccccc1)c1n[nH]c(=S)s1. The van der Waals surface area contributed by atoms with Crippen LogP contribution in [0.5, 0.6) is 5.75 Å². The lowest BCUT2D eigenvalue weighted by atomic mass is 10.0. The van der Waals surface area contributed by atoms with Crippen LogP contribution in [0.1, 0.15) is 16.7 Å². The van der Waals surface area contributed by atoms with Gasteiger partial charge in [0.2, 0.25) is 0 Å². The average molecular weight is 655 g/mol. The molecule has 0 saturated carbocycles. The van der Waals surface area contributed by atoms with E-state index in [1.165, 1.54) is 0 Å². The predicted octanol–water partition coefficient (Wildman–Crippen LogP) is 5.97. The van der Waals surface area contributed by atoms with Crippen LogP contribution in [0.4, 0.5) is 15.6 Å². The number of aromatic amines is 1. The van der Waals surface area contributed by atoms with Crippen molar-refractivity contribution in [2.45, 2.75) is 25.7 Å². The molecule has 1 heterocycles. The zero-order chi connectivity index (χ0) is 32.4. The van der Waals surface area contributed by atoms with E-state index in [0.29, 0.717) is 23.6 Å². The second-order valence-electron chi connectivity index (χ2n) is 10.2. The molecule has 12 heteroatoms. The number of nitrogens with two attached hydrogens (primary N) is 1. The highest BCUT2D eigenvalue weighted by atomic mass is 32.1. The van der Waals surface area contributed by atoms with Crippen molar-refractivity contribution in [3.05, 3.63) is 136 Å². The Morgan fingerprint density at radius 1 is 0.826 bits per heavy atom. The van der Waals surface area contributed by atoms with Crippen LogP contribution in [0.15, 0.2) is 115 Å². The second kappa shape index (κ2) is 15.3. The molecule has 0 aliphatic rings. The fourth-order valence-corrected chi connectivity index (χ4v) is 5.95. The molecule has 0 aliphatic carbocycles. The van der Waals surface area contributed by atoms with Gasteiger partial charge in [0.15, 0.2) is 15.7 Å². The van der Waals surface area contributed by atoms with Crippen molar-refractivity contribution >= 4 is 52.3 Å². The van der Waals surface area contributed by atoms with Crippen LogP contribution in [0, 0.1) is 3.95 Å². The molecule has 2 atom stereocenters. The number of hydrogen-bond acceptors (Lipinski definition) is 9. The van der Waals surface area contributed by atoms with Gasteiger partial charge in [-0.2, -0.15) is 0 Å². The second-order valence-corrected chi connectivity index (χ2v) is 11.9. The summed E-state index contributed by atoms with van der Waals surface area (Å²) in [5.41, 5.74) is 8.73. The third kappa shape index (κ3) is 7.61. The topological polar surface area (TPSA) is 136 Å². The van der Waals surface area contributed by atoms with E-state index in [9.17, 15) is 14.4 Å². The van der Waals surface area contributed by atoms with Crippen molar-refractivity contribution in [2.24, 2.45) is 5.73 Å². The molecule has 3 amide bonds. The highest BCUT2D eigenvalue weighted by Crippen LogP contribution is 2.38. The summed E-state index contributed by atoms with van der Waals surface area (Å²) in [5.74, 6) is -0.696. The van der Waals surface area contributed by atoms with Gasteiger partial charge in [0.1, 0.15) is 25.5 Å². The molecule has 0 fully saturated rings. The number of H-pyrrole nitrogens is 1. The number of benzene rings is 4. The lowest BCUT2D eigenvalue weighted by Crippen LogP contribution is -2.63. The van der Waals surface area contributed by atoms with E-state index in [0.717, 1.165) is 22.5 Å². The Morgan fingerprint density at radius 3 is 1.98 bits per heavy atom. The number of hydrogen-bond donors (Lipinski definition) is 3. The van der Waals surface area contributed by atoms with Gasteiger partial charge < -0.3 is 20.5 Å². The van der Waals surface area contributed by atoms with E-state index in [2.05, 4.69) is 15.5 Å². The zero-order valence-corrected chi connectivity index (χ0v) is 26.3. The Kier molecular flexibility index (Phi) is 10.8. The van der Waals surface area contributed by atoms with Gasteiger partial charge >= 0.3 is 23.0 Å². The minimum atomic E-state index is -1.24. The molecule has 5 rings (SSSR count). The monoisotopic (exact) mass is 654 g/mol. The van der Waals surface area contributed by atoms with Gasteiger partial charge in [-0.1, -0.05) is 91.0 Å². The summed E-state index contributed by atoms with van der Waals surface area (Å²) in [6, 6.07) is 33.3. The Labute approximate surface area is 275 Å². The maximum absolute atomic E-state index is 14.8. The van der Waals surface area contributed by atoms with Gasteiger partial charge in [-0.05, 0) is 52.4 Å². The lowest BCUT2D eigenvalue weighted by Gasteiger charge is -2.32. The Balaban J connectivity index is 1.47. The summed E-state index contributed by atoms with van der Waals surface area (Å²) >= 11 is 6.26. The minimum absolute atomic E-state index is 0.0117. The van der Waals surface area contributed by atoms with Gasteiger partial charge in [-0.25, -0.2) is 14.4 Å². The normalized spacial score (nSPS) is 12.8. The van der Waals surface area contributed by atoms with Crippen molar-refractivity contribution in [2.75, 3.05) is 6.54 Å². The van der Waals surface area contributed by atoms with Gasteiger partial charge in [-0.15, -0.1) is 9.58 Å². The van der Waals surface area contributed by atoms with E-state index in [1.54, 1.807) is 54.6 Å². The van der Waals surface area contributed by atoms with Gasteiger partial charge in [0.25, 0.3) is 0 Å². The number of nitrogens with zero attached hydrogens (tertiary/aromatic N) is 2. The number of rotatable bonds is 12. The number of imide groups is 1. The molecule has 0 radical (unpaired) electrons. The first-order valence-corrected chi connectivity index (χ1v) is 15.6. The molecule has 234 valence electrons. The average Bonchev–Trinajstić information content (AvgIpc) is 3.54.